The lowest BCUT2D eigenvalue weighted by molar-refractivity contribution is -0.153. The van der Waals surface area contributed by atoms with Crippen molar-refractivity contribution in [3.05, 3.63) is 60.2 Å². The maximum Gasteiger partial charge on any atom is 0.422 e. The minimum atomic E-state index is -4.40. The molecule has 1 aliphatic heterocycles. The fourth-order valence-corrected chi connectivity index (χ4v) is 3.18. The lowest BCUT2D eigenvalue weighted by Crippen LogP contribution is -2.22. The van der Waals surface area contributed by atoms with Crippen LogP contribution < -0.4 is 9.64 Å². The highest BCUT2D eigenvalue weighted by molar-refractivity contribution is 5.72. The molecule has 150 valence electrons. The van der Waals surface area contributed by atoms with Gasteiger partial charge in [-0.05, 0) is 36.2 Å². The van der Waals surface area contributed by atoms with Gasteiger partial charge in [0.2, 0.25) is 0 Å². The molecule has 0 bridgehead atoms. The van der Waals surface area contributed by atoms with Crippen LogP contribution in [0.25, 0.3) is 0 Å². The summed E-state index contributed by atoms with van der Waals surface area (Å²) < 4.78 is 46.8. The van der Waals surface area contributed by atoms with Gasteiger partial charge in [0.05, 0.1) is 13.0 Å². The van der Waals surface area contributed by atoms with Gasteiger partial charge in [-0.2, -0.15) is 13.2 Å². The van der Waals surface area contributed by atoms with E-state index in [2.05, 4.69) is 17.0 Å². The summed E-state index contributed by atoms with van der Waals surface area (Å²) in [6, 6.07) is 16.2. The number of esters is 1. The number of rotatable bonds is 7. The summed E-state index contributed by atoms with van der Waals surface area (Å²) in [6.45, 7) is 0.732. The molecular weight excluding hydrogens is 371 g/mol. The van der Waals surface area contributed by atoms with Crippen molar-refractivity contribution in [3.63, 3.8) is 0 Å². The molecule has 1 saturated heterocycles. The van der Waals surface area contributed by atoms with Crippen molar-refractivity contribution in [2.24, 2.45) is 5.92 Å². The van der Waals surface area contributed by atoms with Crippen LogP contribution in [0.4, 0.5) is 18.9 Å². The van der Waals surface area contributed by atoms with Crippen molar-refractivity contribution in [2.75, 3.05) is 31.2 Å². The molecule has 0 radical (unpaired) electrons. The minimum Gasteiger partial charge on any atom is -0.484 e. The number of alkyl halides is 3. The molecule has 2 aromatic carbocycles. The van der Waals surface area contributed by atoms with Gasteiger partial charge in [0, 0.05) is 24.7 Å². The largest absolute Gasteiger partial charge is 0.484 e. The van der Waals surface area contributed by atoms with Crippen LogP contribution in [0.1, 0.15) is 12.0 Å². The molecule has 0 amide bonds. The average molecular weight is 393 g/mol. The zero-order chi connectivity index (χ0) is 20.0. The van der Waals surface area contributed by atoms with E-state index in [1.54, 1.807) is 12.1 Å². The van der Waals surface area contributed by atoms with E-state index in [4.69, 9.17) is 9.47 Å². The number of carbonyl (C=O) groups is 1. The van der Waals surface area contributed by atoms with E-state index in [0.29, 0.717) is 12.2 Å². The fraction of sp³-hybridized carbons (Fsp3) is 0.381. The van der Waals surface area contributed by atoms with Gasteiger partial charge in [0.25, 0.3) is 0 Å². The van der Waals surface area contributed by atoms with Crippen molar-refractivity contribution in [1.29, 1.82) is 0 Å². The Morgan fingerprint density at radius 2 is 1.89 bits per heavy atom. The van der Waals surface area contributed by atoms with Crippen molar-refractivity contribution >= 4 is 11.7 Å². The van der Waals surface area contributed by atoms with Crippen molar-refractivity contribution in [1.82, 2.24) is 0 Å². The van der Waals surface area contributed by atoms with Gasteiger partial charge >= 0.3 is 12.1 Å². The first-order valence-electron chi connectivity index (χ1n) is 9.13. The zero-order valence-corrected chi connectivity index (χ0v) is 15.3. The quantitative estimate of drug-likeness (QED) is 0.660. The summed E-state index contributed by atoms with van der Waals surface area (Å²) in [6.07, 6.45) is -3.45. The summed E-state index contributed by atoms with van der Waals surface area (Å²) in [7, 11) is 0. The van der Waals surface area contributed by atoms with E-state index in [1.165, 1.54) is 12.1 Å². The van der Waals surface area contributed by atoms with Crippen LogP contribution in [-0.2, 0) is 16.0 Å². The van der Waals surface area contributed by atoms with Crippen molar-refractivity contribution in [3.8, 4) is 5.75 Å². The van der Waals surface area contributed by atoms with E-state index in [-0.39, 0.29) is 18.1 Å². The topological polar surface area (TPSA) is 38.8 Å². The lowest BCUT2D eigenvalue weighted by Gasteiger charge is -2.18. The monoisotopic (exact) mass is 393 g/mol. The first-order chi connectivity index (χ1) is 13.4. The summed E-state index contributed by atoms with van der Waals surface area (Å²) in [5.74, 6) is -0.0475. The normalized spacial score (nSPS) is 16.8. The predicted octanol–water partition coefficient (Wildman–Crippen LogP) is 4.24. The Labute approximate surface area is 161 Å². The lowest BCUT2D eigenvalue weighted by atomic mass is 10.1. The van der Waals surface area contributed by atoms with Gasteiger partial charge in [-0.3, -0.25) is 4.79 Å². The minimum absolute atomic E-state index is 0.00165. The maximum atomic E-state index is 12.2. The molecule has 1 heterocycles. The molecule has 2 aromatic rings. The molecule has 4 nitrogen and oxygen atoms in total. The summed E-state index contributed by atoms with van der Waals surface area (Å²) in [4.78, 5) is 14.4. The molecule has 1 aliphatic rings. The highest BCUT2D eigenvalue weighted by atomic mass is 19.4. The van der Waals surface area contributed by atoms with E-state index < -0.39 is 18.8 Å². The Morgan fingerprint density at radius 1 is 1.11 bits per heavy atom. The van der Waals surface area contributed by atoms with Crippen LogP contribution in [0.15, 0.2) is 54.6 Å². The third-order valence-corrected chi connectivity index (χ3v) is 4.54. The molecule has 0 N–H and O–H groups in total. The van der Waals surface area contributed by atoms with Crippen LogP contribution in [-0.4, -0.2) is 38.4 Å². The van der Waals surface area contributed by atoms with Gasteiger partial charge in [0.1, 0.15) is 5.75 Å². The van der Waals surface area contributed by atoms with E-state index >= 15 is 0 Å². The van der Waals surface area contributed by atoms with Crippen LogP contribution in [0.5, 0.6) is 5.75 Å². The summed E-state index contributed by atoms with van der Waals surface area (Å²) in [5.41, 5.74) is 1.72. The molecule has 0 aromatic heterocycles. The first-order valence-corrected chi connectivity index (χ1v) is 9.13. The SMILES string of the molecule is O=C(Cc1cccc(OCC(F)(F)F)c1)OC[C@H]1CCN(c2ccccc2)C1. The second-order valence-corrected chi connectivity index (χ2v) is 6.85. The maximum absolute atomic E-state index is 12.2. The highest BCUT2D eigenvalue weighted by Crippen LogP contribution is 2.24. The summed E-state index contributed by atoms with van der Waals surface area (Å²) >= 11 is 0. The van der Waals surface area contributed by atoms with Crippen molar-refractivity contribution in [2.45, 2.75) is 19.0 Å². The van der Waals surface area contributed by atoms with Gasteiger partial charge in [-0.1, -0.05) is 30.3 Å². The summed E-state index contributed by atoms with van der Waals surface area (Å²) in [5, 5.41) is 0. The Morgan fingerprint density at radius 3 is 2.64 bits per heavy atom. The molecule has 0 spiro atoms. The third kappa shape index (κ3) is 6.18. The van der Waals surface area contributed by atoms with Crippen LogP contribution in [0.3, 0.4) is 0 Å². The fourth-order valence-electron chi connectivity index (χ4n) is 3.18. The standard InChI is InChI=1S/C21H22F3NO3/c22-21(23,24)15-28-19-8-4-5-16(11-19)12-20(26)27-14-17-9-10-25(13-17)18-6-2-1-3-7-18/h1-8,11,17H,9-10,12-15H2/t17-/m0/s1. The number of hydrogen-bond acceptors (Lipinski definition) is 4. The molecule has 7 heteroatoms. The molecule has 3 rings (SSSR count). The van der Waals surface area contributed by atoms with Gasteiger partial charge in [0.15, 0.2) is 6.61 Å². The first kappa shape index (κ1) is 20.0. The zero-order valence-electron chi connectivity index (χ0n) is 15.3. The van der Waals surface area contributed by atoms with Crippen LogP contribution in [0, 0.1) is 5.92 Å². The number of hydrogen-bond donors (Lipinski definition) is 0. The molecule has 0 aliphatic carbocycles. The van der Waals surface area contributed by atoms with Gasteiger partial charge < -0.3 is 14.4 Å². The van der Waals surface area contributed by atoms with Gasteiger partial charge in [-0.25, -0.2) is 0 Å². The number of anilines is 1. The Hall–Kier alpha value is -2.70. The number of halogens is 3. The molecule has 1 fully saturated rings. The van der Waals surface area contributed by atoms with E-state index in [1.807, 2.05) is 18.2 Å². The smallest absolute Gasteiger partial charge is 0.422 e. The Bertz CT molecular complexity index is 780. The molecule has 28 heavy (non-hydrogen) atoms. The number of nitrogens with zero attached hydrogens (tertiary/aromatic N) is 1. The second-order valence-electron chi connectivity index (χ2n) is 6.85. The van der Waals surface area contributed by atoms with E-state index in [0.717, 1.165) is 25.2 Å². The van der Waals surface area contributed by atoms with Crippen molar-refractivity contribution < 1.29 is 27.4 Å². The number of carbonyl (C=O) groups excluding carboxylic acids is 1. The van der Waals surface area contributed by atoms with Crippen LogP contribution in [0.2, 0.25) is 0 Å². The number of benzene rings is 2. The number of ether oxygens (including phenoxy) is 2. The molecule has 0 unspecified atom stereocenters. The second kappa shape index (κ2) is 8.99. The average Bonchev–Trinajstić information content (AvgIpc) is 3.14. The number of para-hydroxylation sites is 1. The molecule has 1 atom stereocenters. The van der Waals surface area contributed by atoms with E-state index in [9.17, 15) is 18.0 Å². The Kier molecular flexibility index (Phi) is 6.44. The molecule has 0 saturated carbocycles. The van der Waals surface area contributed by atoms with Crippen LogP contribution >= 0.6 is 0 Å². The Balaban J connectivity index is 1.43. The molecular formula is C21H22F3NO3. The third-order valence-electron chi connectivity index (χ3n) is 4.54. The van der Waals surface area contributed by atoms with Gasteiger partial charge in [-0.15, -0.1) is 0 Å². The highest BCUT2D eigenvalue weighted by Gasteiger charge is 2.28. The predicted molar refractivity (Wildman–Crippen MR) is 99.4 cm³/mol.